The van der Waals surface area contributed by atoms with Crippen LogP contribution in [0.25, 0.3) is 0 Å². The van der Waals surface area contributed by atoms with Crippen LogP contribution in [0.5, 0.6) is 0 Å². The van der Waals surface area contributed by atoms with Gasteiger partial charge in [-0.3, -0.25) is 10.1 Å². The second-order valence-corrected chi connectivity index (χ2v) is 5.73. The van der Waals surface area contributed by atoms with E-state index in [1.165, 1.54) is 0 Å². The smallest absolute Gasteiger partial charge is 0.326 e. The second-order valence-electron chi connectivity index (χ2n) is 5.73. The summed E-state index contributed by atoms with van der Waals surface area (Å²) >= 11 is 0. The molecule has 0 saturated heterocycles. The van der Waals surface area contributed by atoms with Crippen molar-refractivity contribution in [2.75, 3.05) is 26.7 Å². The summed E-state index contributed by atoms with van der Waals surface area (Å²) in [6, 6.07) is 0.392. The van der Waals surface area contributed by atoms with Crippen molar-refractivity contribution in [2.24, 2.45) is 0 Å². The molecule has 0 spiro atoms. The van der Waals surface area contributed by atoms with Crippen molar-refractivity contribution >= 4 is 5.97 Å². The first-order valence-electron chi connectivity index (χ1n) is 7.29. The van der Waals surface area contributed by atoms with E-state index in [1.54, 1.807) is 18.9 Å². The van der Waals surface area contributed by atoms with Crippen LogP contribution in [-0.2, 0) is 9.53 Å². The first kappa shape index (κ1) is 17.3. The molecule has 1 saturated carbocycles. The van der Waals surface area contributed by atoms with Crippen LogP contribution in [0.2, 0.25) is 0 Å². The van der Waals surface area contributed by atoms with Gasteiger partial charge in [-0.15, -0.1) is 0 Å². The number of nitrogens with zero attached hydrogens (tertiary/aromatic N) is 1. The van der Waals surface area contributed by atoms with Crippen LogP contribution >= 0.6 is 0 Å². The molecule has 1 N–H and O–H groups in total. The Labute approximate surface area is 119 Å². The highest BCUT2D eigenvalue weighted by atomic mass is 19.3. The maximum absolute atomic E-state index is 12.2. The molecule has 0 aromatic rings. The molecule has 1 atom stereocenters. The van der Waals surface area contributed by atoms with Gasteiger partial charge < -0.3 is 9.64 Å². The summed E-state index contributed by atoms with van der Waals surface area (Å²) in [6.07, 6.45) is 1.12. The minimum atomic E-state index is -2.32. The third-order valence-electron chi connectivity index (χ3n) is 3.49. The van der Waals surface area contributed by atoms with E-state index in [0.29, 0.717) is 32.0 Å². The summed E-state index contributed by atoms with van der Waals surface area (Å²) in [5.74, 6) is -0.247. The number of hydrogen-bond donors (Lipinski definition) is 1. The molecule has 1 rings (SSSR count). The first-order valence-corrected chi connectivity index (χ1v) is 7.29. The number of nitrogens with one attached hydrogen (secondary N) is 1. The molecule has 0 aliphatic heterocycles. The lowest BCUT2D eigenvalue weighted by Crippen LogP contribution is -2.51. The number of hydrogen-bond acceptors (Lipinski definition) is 4. The van der Waals surface area contributed by atoms with E-state index in [0.717, 1.165) is 12.8 Å². The molecule has 1 aliphatic rings. The third kappa shape index (κ3) is 6.13. The molecule has 1 fully saturated rings. The van der Waals surface area contributed by atoms with Crippen molar-refractivity contribution < 1.29 is 18.3 Å². The number of rotatable bonds is 10. The Kier molecular flexibility index (Phi) is 6.82. The van der Waals surface area contributed by atoms with E-state index in [1.807, 2.05) is 6.92 Å². The number of carbonyl (C=O) groups excluding carboxylic acids is 1. The highest BCUT2D eigenvalue weighted by Gasteiger charge is 2.39. The topological polar surface area (TPSA) is 41.6 Å². The molecular formula is C14H26F2N2O2. The van der Waals surface area contributed by atoms with Gasteiger partial charge in [0.1, 0.15) is 5.54 Å². The molecule has 0 amide bonds. The van der Waals surface area contributed by atoms with Gasteiger partial charge in [-0.05, 0) is 53.1 Å². The molecule has 0 bridgehead atoms. The molecule has 0 heterocycles. The number of esters is 1. The molecule has 0 aromatic carbocycles. The number of ether oxygens (including phenoxy) is 1. The molecule has 4 nitrogen and oxygen atoms in total. The van der Waals surface area contributed by atoms with Crippen molar-refractivity contribution in [3.05, 3.63) is 0 Å². The van der Waals surface area contributed by atoms with Gasteiger partial charge in [-0.2, -0.15) is 0 Å². The average Bonchev–Trinajstić information content (AvgIpc) is 3.12. The van der Waals surface area contributed by atoms with Gasteiger partial charge in [0.15, 0.2) is 0 Å². The number of halogens is 2. The molecule has 1 aliphatic carbocycles. The van der Waals surface area contributed by atoms with E-state index in [-0.39, 0.29) is 12.5 Å². The Morgan fingerprint density at radius 2 is 2.15 bits per heavy atom. The lowest BCUT2D eigenvalue weighted by Gasteiger charge is -2.29. The quantitative estimate of drug-likeness (QED) is 0.626. The summed E-state index contributed by atoms with van der Waals surface area (Å²) in [4.78, 5) is 13.7. The Morgan fingerprint density at radius 1 is 1.50 bits per heavy atom. The molecule has 0 radical (unpaired) electrons. The van der Waals surface area contributed by atoms with Crippen LogP contribution in [0.4, 0.5) is 8.78 Å². The van der Waals surface area contributed by atoms with E-state index < -0.39 is 12.0 Å². The van der Waals surface area contributed by atoms with Crippen LogP contribution in [-0.4, -0.2) is 55.6 Å². The zero-order chi connectivity index (χ0) is 15.2. The fourth-order valence-electron chi connectivity index (χ4n) is 2.23. The van der Waals surface area contributed by atoms with Crippen molar-refractivity contribution in [3.63, 3.8) is 0 Å². The summed E-state index contributed by atoms with van der Waals surface area (Å²) in [6.45, 7) is 4.30. The lowest BCUT2D eigenvalue weighted by atomic mass is 9.95. The van der Waals surface area contributed by atoms with Gasteiger partial charge in [0.05, 0.1) is 13.2 Å². The number of alkyl halides is 2. The van der Waals surface area contributed by atoms with E-state index in [2.05, 4.69) is 5.32 Å². The summed E-state index contributed by atoms with van der Waals surface area (Å²) in [7, 11) is 1.67. The van der Waals surface area contributed by atoms with E-state index >= 15 is 0 Å². The first-order chi connectivity index (χ1) is 9.37. The summed E-state index contributed by atoms with van der Waals surface area (Å²) in [5, 5.41) is 3.33. The molecule has 6 heteroatoms. The van der Waals surface area contributed by atoms with E-state index in [9.17, 15) is 13.6 Å². The van der Waals surface area contributed by atoms with Gasteiger partial charge in [-0.25, -0.2) is 8.78 Å². The molecule has 20 heavy (non-hydrogen) atoms. The predicted octanol–water partition coefficient (Wildman–Crippen LogP) is 2.04. The van der Waals surface area contributed by atoms with Gasteiger partial charge in [0, 0.05) is 6.04 Å². The highest BCUT2D eigenvalue weighted by molar-refractivity contribution is 5.80. The predicted molar refractivity (Wildman–Crippen MR) is 73.9 cm³/mol. The zero-order valence-electron chi connectivity index (χ0n) is 12.6. The van der Waals surface area contributed by atoms with Crippen LogP contribution in [0.3, 0.4) is 0 Å². The van der Waals surface area contributed by atoms with Crippen LogP contribution in [0.15, 0.2) is 0 Å². The van der Waals surface area contributed by atoms with Crippen LogP contribution in [0.1, 0.15) is 39.5 Å². The van der Waals surface area contributed by atoms with Gasteiger partial charge in [0.2, 0.25) is 0 Å². The van der Waals surface area contributed by atoms with Crippen LogP contribution < -0.4 is 5.32 Å². The maximum Gasteiger partial charge on any atom is 0.326 e. The minimum absolute atomic E-state index is 0.230. The largest absolute Gasteiger partial charge is 0.465 e. The maximum atomic E-state index is 12.2. The van der Waals surface area contributed by atoms with Gasteiger partial charge in [0.25, 0.3) is 6.43 Å². The monoisotopic (exact) mass is 292 g/mol. The van der Waals surface area contributed by atoms with Crippen molar-refractivity contribution in [3.8, 4) is 0 Å². The Balaban J connectivity index is 2.41. The van der Waals surface area contributed by atoms with Crippen molar-refractivity contribution in [1.82, 2.24) is 10.2 Å². The second kappa shape index (κ2) is 7.88. The SMILES string of the molecule is CCOC(=O)C(C)(CCCN(C)CC(F)F)NC1CC1. The third-order valence-corrected chi connectivity index (χ3v) is 3.49. The van der Waals surface area contributed by atoms with Gasteiger partial charge in [-0.1, -0.05) is 0 Å². The Bertz CT molecular complexity index is 312. The van der Waals surface area contributed by atoms with Crippen LogP contribution in [0, 0.1) is 0 Å². The summed E-state index contributed by atoms with van der Waals surface area (Å²) in [5.41, 5.74) is -0.706. The van der Waals surface area contributed by atoms with Gasteiger partial charge >= 0.3 is 5.97 Å². The highest BCUT2D eigenvalue weighted by Crippen LogP contribution is 2.25. The minimum Gasteiger partial charge on any atom is -0.465 e. The Morgan fingerprint density at radius 3 is 2.65 bits per heavy atom. The molecular weight excluding hydrogens is 266 g/mol. The standard InChI is InChI=1S/C14H26F2N2O2/c1-4-20-13(19)14(2,17-11-6-7-11)8-5-9-18(3)10-12(15)16/h11-12,17H,4-10H2,1-3H3. The van der Waals surface area contributed by atoms with Crippen molar-refractivity contribution in [2.45, 2.75) is 57.5 Å². The van der Waals surface area contributed by atoms with E-state index in [4.69, 9.17) is 4.74 Å². The van der Waals surface area contributed by atoms with Crippen molar-refractivity contribution in [1.29, 1.82) is 0 Å². The fraction of sp³-hybridized carbons (Fsp3) is 0.929. The lowest BCUT2D eigenvalue weighted by molar-refractivity contribution is -0.151. The normalized spacial score (nSPS) is 18.4. The number of carbonyl (C=O) groups is 1. The molecule has 118 valence electrons. The average molecular weight is 292 g/mol. The molecule has 0 aromatic heterocycles. The fourth-order valence-corrected chi connectivity index (χ4v) is 2.23. The summed E-state index contributed by atoms with van der Waals surface area (Å²) < 4.78 is 29.6. The zero-order valence-corrected chi connectivity index (χ0v) is 12.6. The Hall–Kier alpha value is -0.750. The molecule has 1 unspecified atom stereocenters.